The number of nitrogens with zero attached hydrogens (tertiary/aromatic N) is 2. The molecule has 3 aromatic rings. The average Bonchev–Trinajstić information content (AvgIpc) is 3.36. The van der Waals surface area contributed by atoms with Crippen LogP contribution >= 0.6 is 0 Å². The Morgan fingerprint density at radius 1 is 1.06 bits per heavy atom. The number of rotatable bonds is 8. The summed E-state index contributed by atoms with van der Waals surface area (Å²) in [7, 11) is 0. The molecule has 0 aliphatic carbocycles. The number of halogens is 1. The molecule has 0 bridgehead atoms. The number of hydrogen-bond donors (Lipinski definition) is 0. The van der Waals surface area contributed by atoms with E-state index in [9.17, 15) is 14.0 Å². The Balaban J connectivity index is 1.57. The molecule has 2 amide bonds. The van der Waals surface area contributed by atoms with Crippen molar-refractivity contribution in [3.8, 4) is 5.75 Å². The molecule has 0 radical (unpaired) electrons. The highest BCUT2D eigenvalue weighted by molar-refractivity contribution is 5.91. The molecule has 2 aromatic carbocycles. The van der Waals surface area contributed by atoms with Crippen LogP contribution in [0.1, 0.15) is 66.2 Å². The first-order chi connectivity index (χ1) is 16.9. The van der Waals surface area contributed by atoms with Gasteiger partial charge in [-0.2, -0.15) is 0 Å². The summed E-state index contributed by atoms with van der Waals surface area (Å²) in [5.74, 6) is 1.08. The Morgan fingerprint density at radius 3 is 2.49 bits per heavy atom. The lowest BCUT2D eigenvalue weighted by Gasteiger charge is -2.38. The Bertz CT molecular complexity index is 1180. The van der Waals surface area contributed by atoms with Crippen molar-refractivity contribution in [2.24, 2.45) is 0 Å². The average molecular weight is 479 g/mol. The summed E-state index contributed by atoms with van der Waals surface area (Å²) in [5.41, 5.74) is 2.97. The van der Waals surface area contributed by atoms with Gasteiger partial charge in [-0.05, 0) is 73.4 Å². The Kier molecular flexibility index (Phi) is 7.54. The zero-order chi connectivity index (χ0) is 24.9. The second kappa shape index (κ2) is 10.8. The summed E-state index contributed by atoms with van der Waals surface area (Å²) in [6.07, 6.45) is 1.14. The summed E-state index contributed by atoms with van der Waals surface area (Å²) < 4.78 is 25.3. The van der Waals surface area contributed by atoms with Gasteiger partial charge in [0.05, 0.1) is 6.04 Å². The van der Waals surface area contributed by atoms with E-state index in [4.69, 9.17) is 9.15 Å². The smallest absolute Gasteiger partial charge is 0.289 e. The van der Waals surface area contributed by atoms with E-state index < -0.39 is 0 Å². The third-order valence-electron chi connectivity index (χ3n) is 6.46. The number of ether oxygens (including phenoxy) is 1. The summed E-state index contributed by atoms with van der Waals surface area (Å²) in [6, 6.07) is 15.3. The van der Waals surface area contributed by atoms with Crippen LogP contribution in [0.2, 0.25) is 0 Å². The molecular formula is C28H31FN2O4. The van der Waals surface area contributed by atoms with E-state index in [-0.39, 0.29) is 30.3 Å². The molecular weight excluding hydrogens is 447 g/mol. The molecule has 7 heteroatoms. The van der Waals surface area contributed by atoms with Gasteiger partial charge in [0.2, 0.25) is 5.91 Å². The van der Waals surface area contributed by atoms with E-state index in [0.29, 0.717) is 43.3 Å². The van der Waals surface area contributed by atoms with Gasteiger partial charge in [0, 0.05) is 26.1 Å². The fourth-order valence-electron chi connectivity index (χ4n) is 4.55. The second-order valence-electron chi connectivity index (χ2n) is 8.54. The minimum atomic E-state index is -0.312. The molecule has 6 nitrogen and oxygen atoms in total. The summed E-state index contributed by atoms with van der Waals surface area (Å²) in [5, 5.41) is 0. The highest BCUT2D eigenvalue weighted by atomic mass is 19.1. The topological polar surface area (TPSA) is 63.0 Å². The first-order valence-electron chi connectivity index (χ1n) is 12.1. The third-order valence-corrected chi connectivity index (χ3v) is 6.46. The van der Waals surface area contributed by atoms with Crippen LogP contribution in [0.15, 0.2) is 59.0 Å². The number of carbonyl (C=O) groups is 2. The van der Waals surface area contributed by atoms with Gasteiger partial charge in [0.25, 0.3) is 5.91 Å². The normalized spacial score (nSPS) is 15.0. The van der Waals surface area contributed by atoms with Crippen LogP contribution < -0.4 is 4.74 Å². The fourth-order valence-corrected chi connectivity index (χ4v) is 4.55. The molecule has 0 N–H and O–H groups in total. The van der Waals surface area contributed by atoms with Crippen molar-refractivity contribution in [2.45, 2.75) is 46.3 Å². The molecule has 4 rings (SSSR count). The van der Waals surface area contributed by atoms with E-state index in [1.165, 1.54) is 12.1 Å². The lowest BCUT2D eigenvalue weighted by molar-refractivity contribution is -0.132. The monoisotopic (exact) mass is 478 g/mol. The summed E-state index contributed by atoms with van der Waals surface area (Å²) in [4.78, 5) is 28.8. The highest BCUT2D eigenvalue weighted by Gasteiger charge is 2.31. The molecule has 0 saturated carbocycles. The van der Waals surface area contributed by atoms with Crippen molar-refractivity contribution in [1.82, 2.24) is 9.80 Å². The van der Waals surface area contributed by atoms with Crippen molar-refractivity contribution in [3.63, 3.8) is 0 Å². The Labute approximate surface area is 205 Å². The first kappa shape index (κ1) is 24.5. The summed E-state index contributed by atoms with van der Waals surface area (Å²) in [6.45, 7) is 7.72. The predicted molar refractivity (Wildman–Crippen MR) is 131 cm³/mol. The van der Waals surface area contributed by atoms with Crippen molar-refractivity contribution in [3.05, 3.63) is 88.6 Å². The van der Waals surface area contributed by atoms with E-state index >= 15 is 0 Å². The Morgan fingerprint density at radius 2 is 1.80 bits per heavy atom. The maximum Gasteiger partial charge on any atom is 0.289 e. The van der Waals surface area contributed by atoms with Crippen molar-refractivity contribution in [2.75, 3.05) is 19.6 Å². The molecule has 2 heterocycles. The molecule has 35 heavy (non-hydrogen) atoms. The molecule has 1 aliphatic rings. The van der Waals surface area contributed by atoms with Crippen LogP contribution in [-0.4, -0.2) is 41.2 Å². The minimum Gasteiger partial charge on any atom is -0.486 e. The van der Waals surface area contributed by atoms with Gasteiger partial charge in [-0.15, -0.1) is 0 Å². The zero-order valence-electron chi connectivity index (χ0n) is 20.4. The van der Waals surface area contributed by atoms with Crippen LogP contribution in [0.3, 0.4) is 0 Å². The van der Waals surface area contributed by atoms with E-state index in [1.807, 2.05) is 43.9 Å². The highest BCUT2D eigenvalue weighted by Crippen LogP contribution is 2.37. The van der Waals surface area contributed by atoms with Gasteiger partial charge < -0.3 is 19.0 Å². The lowest BCUT2D eigenvalue weighted by Crippen LogP contribution is -2.40. The zero-order valence-corrected chi connectivity index (χ0v) is 20.4. The largest absolute Gasteiger partial charge is 0.486 e. The van der Waals surface area contributed by atoms with Crippen molar-refractivity contribution in [1.29, 1.82) is 0 Å². The fraction of sp³-hybridized carbons (Fsp3) is 0.357. The van der Waals surface area contributed by atoms with Gasteiger partial charge in [-0.3, -0.25) is 9.59 Å². The quantitative estimate of drug-likeness (QED) is 0.437. The minimum absolute atomic E-state index is 0.0530. The molecule has 0 saturated heterocycles. The third kappa shape index (κ3) is 5.24. The van der Waals surface area contributed by atoms with E-state index in [1.54, 1.807) is 29.2 Å². The number of hydrogen-bond acceptors (Lipinski definition) is 4. The number of benzene rings is 2. The second-order valence-corrected chi connectivity index (χ2v) is 8.54. The van der Waals surface area contributed by atoms with Gasteiger partial charge in [-0.1, -0.05) is 25.1 Å². The van der Waals surface area contributed by atoms with Crippen molar-refractivity contribution >= 4 is 11.8 Å². The molecule has 0 spiro atoms. The standard InChI is InChI=1S/C28H31FN2O4/c1-4-26(32)31-16-15-19-9-12-22(17-24(19)27(31)20-7-10-21(29)11-8-20)34-18-23-13-14-25(35-23)28(33)30(5-2)6-3/h7-14,17,27H,4-6,15-16,18H2,1-3H3. The Hall–Kier alpha value is -3.61. The van der Waals surface area contributed by atoms with Crippen LogP contribution in [-0.2, 0) is 17.8 Å². The maximum atomic E-state index is 13.6. The van der Waals surface area contributed by atoms with Crippen LogP contribution in [0, 0.1) is 5.82 Å². The van der Waals surface area contributed by atoms with Gasteiger partial charge in [0.1, 0.15) is 23.9 Å². The maximum absolute atomic E-state index is 13.6. The van der Waals surface area contributed by atoms with Crippen molar-refractivity contribution < 1.29 is 23.1 Å². The summed E-state index contributed by atoms with van der Waals surface area (Å²) >= 11 is 0. The molecule has 0 fully saturated rings. The van der Waals surface area contributed by atoms with Gasteiger partial charge >= 0.3 is 0 Å². The molecule has 1 unspecified atom stereocenters. The van der Waals surface area contributed by atoms with Crippen LogP contribution in [0.5, 0.6) is 5.75 Å². The van der Waals surface area contributed by atoms with E-state index in [2.05, 4.69) is 0 Å². The van der Waals surface area contributed by atoms with E-state index in [0.717, 1.165) is 23.1 Å². The molecule has 1 aliphatic heterocycles. The van der Waals surface area contributed by atoms with Crippen LogP contribution in [0.25, 0.3) is 0 Å². The molecule has 184 valence electrons. The molecule has 1 atom stereocenters. The van der Waals surface area contributed by atoms with Gasteiger partial charge in [-0.25, -0.2) is 4.39 Å². The molecule has 1 aromatic heterocycles. The number of amides is 2. The first-order valence-corrected chi connectivity index (χ1v) is 12.1. The lowest BCUT2D eigenvalue weighted by atomic mass is 9.87. The number of fused-ring (bicyclic) bond motifs is 1. The van der Waals surface area contributed by atoms with Gasteiger partial charge in [0.15, 0.2) is 5.76 Å². The SMILES string of the molecule is CCC(=O)N1CCc2ccc(OCc3ccc(C(=O)N(CC)CC)o3)cc2C1c1ccc(F)cc1. The number of carbonyl (C=O) groups excluding carboxylic acids is 2. The predicted octanol–water partition coefficient (Wildman–Crippen LogP) is 5.36. The number of furan rings is 1. The van der Waals surface area contributed by atoms with Crippen LogP contribution in [0.4, 0.5) is 4.39 Å².